The number of aromatic hydroxyl groups is 1. The molecule has 0 atom stereocenters. The number of nitrogens with zero attached hydrogens (tertiary/aromatic N) is 2. The molecule has 0 aliphatic rings. The number of hydrogen-bond donors (Lipinski definition) is 1. The molecule has 0 unspecified atom stereocenters. The summed E-state index contributed by atoms with van der Waals surface area (Å²) in [6.07, 6.45) is 0.369. The molecule has 3 aromatic rings. The molecule has 0 radical (unpaired) electrons. The molecule has 3 rings (SSSR count). The number of hydrogen-bond acceptors (Lipinski definition) is 5. The van der Waals surface area contributed by atoms with Crippen LogP contribution in [-0.4, -0.2) is 15.2 Å². The summed E-state index contributed by atoms with van der Waals surface area (Å²) in [5.41, 5.74) is 0.749. The summed E-state index contributed by atoms with van der Waals surface area (Å²) < 4.78 is 5.14. The van der Waals surface area contributed by atoms with Gasteiger partial charge < -0.3 is 9.63 Å². The summed E-state index contributed by atoms with van der Waals surface area (Å²) in [5, 5.41) is 16.4. The van der Waals surface area contributed by atoms with Gasteiger partial charge in [0.2, 0.25) is 0 Å². The third kappa shape index (κ3) is 2.52. The molecule has 0 saturated heterocycles. The lowest BCUT2D eigenvalue weighted by atomic mass is 10.1. The minimum atomic E-state index is 0.126. The maximum Gasteiger partial charge on any atom is 0.271 e. The second-order valence-electron chi connectivity index (χ2n) is 4.03. The Kier molecular flexibility index (Phi) is 3.65. The topological polar surface area (TPSA) is 59.2 Å². The number of aromatic nitrogens is 2. The van der Waals surface area contributed by atoms with Crippen LogP contribution in [-0.2, 0) is 6.42 Å². The monoisotopic (exact) mass is 326 g/mol. The SMILES string of the molecule is Oc1ccsc1-c1nc(Cc2c(Cl)cccc2Cl)no1. The molecule has 1 N–H and O–H groups in total. The summed E-state index contributed by atoms with van der Waals surface area (Å²) in [6, 6.07) is 6.87. The van der Waals surface area contributed by atoms with Gasteiger partial charge in [-0.3, -0.25) is 0 Å². The van der Waals surface area contributed by atoms with Crippen molar-refractivity contribution in [2.24, 2.45) is 0 Å². The highest BCUT2D eigenvalue weighted by atomic mass is 35.5. The first-order valence-corrected chi connectivity index (χ1v) is 7.31. The lowest BCUT2D eigenvalue weighted by molar-refractivity contribution is 0.420. The van der Waals surface area contributed by atoms with Gasteiger partial charge in [-0.05, 0) is 29.1 Å². The molecule has 1 aromatic carbocycles. The molecule has 20 heavy (non-hydrogen) atoms. The van der Waals surface area contributed by atoms with E-state index >= 15 is 0 Å². The van der Waals surface area contributed by atoms with Crippen LogP contribution in [0, 0.1) is 0 Å². The molecule has 102 valence electrons. The molecule has 0 amide bonds. The molecule has 0 spiro atoms. The van der Waals surface area contributed by atoms with E-state index in [2.05, 4.69) is 10.1 Å². The van der Waals surface area contributed by atoms with Crippen molar-refractivity contribution in [1.82, 2.24) is 10.1 Å². The van der Waals surface area contributed by atoms with Gasteiger partial charge >= 0.3 is 0 Å². The summed E-state index contributed by atoms with van der Waals surface area (Å²) in [6.45, 7) is 0. The molecule has 0 bridgehead atoms. The lowest BCUT2D eigenvalue weighted by Gasteiger charge is -2.02. The van der Waals surface area contributed by atoms with Crippen LogP contribution in [0.3, 0.4) is 0 Å². The van der Waals surface area contributed by atoms with Crippen LogP contribution in [0.25, 0.3) is 10.8 Å². The van der Waals surface area contributed by atoms with Crippen LogP contribution in [0.2, 0.25) is 10.0 Å². The van der Waals surface area contributed by atoms with Gasteiger partial charge in [-0.2, -0.15) is 4.98 Å². The quantitative estimate of drug-likeness (QED) is 0.774. The molecule has 2 heterocycles. The van der Waals surface area contributed by atoms with E-state index in [9.17, 15) is 5.11 Å². The van der Waals surface area contributed by atoms with Crippen LogP contribution >= 0.6 is 34.5 Å². The van der Waals surface area contributed by atoms with E-state index in [0.717, 1.165) is 5.56 Å². The molecule has 0 aliphatic carbocycles. The first-order valence-electron chi connectivity index (χ1n) is 5.67. The fourth-order valence-electron chi connectivity index (χ4n) is 1.74. The van der Waals surface area contributed by atoms with Crippen LogP contribution in [0.4, 0.5) is 0 Å². The van der Waals surface area contributed by atoms with Crippen molar-refractivity contribution in [3.8, 4) is 16.5 Å². The Labute approximate surface area is 128 Å². The van der Waals surface area contributed by atoms with Gasteiger partial charge in [-0.25, -0.2) is 0 Å². The van der Waals surface area contributed by atoms with Gasteiger partial charge in [0, 0.05) is 16.5 Å². The Morgan fingerprint density at radius 2 is 1.95 bits per heavy atom. The summed E-state index contributed by atoms with van der Waals surface area (Å²) in [7, 11) is 0. The number of halogens is 2. The van der Waals surface area contributed by atoms with Crippen LogP contribution in [0.15, 0.2) is 34.2 Å². The molecule has 0 aliphatic heterocycles. The van der Waals surface area contributed by atoms with E-state index in [4.69, 9.17) is 27.7 Å². The number of rotatable bonds is 3. The normalized spacial score (nSPS) is 10.9. The van der Waals surface area contributed by atoms with Gasteiger partial charge in [0.1, 0.15) is 10.6 Å². The minimum absolute atomic E-state index is 0.126. The first-order chi connectivity index (χ1) is 9.65. The smallest absolute Gasteiger partial charge is 0.271 e. The third-order valence-electron chi connectivity index (χ3n) is 2.70. The van der Waals surface area contributed by atoms with Crippen molar-refractivity contribution in [3.05, 3.63) is 51.1 Å². The van der Waals surface area contributed by atoms with Gasteiger partial charge in [-0.1, -0.05) is 34.4 Å². The fourth-order valence-corrected chi connectivity index (χ4v) is 2.98. The zero-order valence-electron chi connectivity index (χ0n) is 10.0. The Morgan fingerprint density at radius 1 is 1.20 bits per heavy atom. The number of benzene rings is 1. The third-order valence-corrected chi connectivity index (χ3v) is 4.30. The summed E-state index contributed by atoms with van der Waals surface area (Å²) >= 11 is 13.5. The molecule has 4 nitrogen and oxygen atoms in total. The van der Waals surface area contributed by atoms with Crippen LogP contribution < -0.4 is 0 Å². The maximum absolute atomic E-state index is 9.63. The highest BCUT2D eigenvalue weighted by Gasteiger charge is 2.16. The molecular weight excluding hydrogens is 319 g/mol. The van der Waals surface area contributed by atoms with Gasteiger partial charge in [-0.15, -0.1) is 11.3 Å². The predicted octanol–water partition coefficient (Wildman–Crippen LogP) is 4.40. The van der Waals surface area contributed by atoms with Gasteiger partial charge in [0.25, 0.3) is 5.89 Å². The minimum Gasteiger partial charge on any atom is -0.506 e. The Morgan fingerprint density at radius 3 is 2.60 bits per heavy atom. The highest BCUT2D eigenvalue weighted by Crippen LogP contribution is 2.33. The zero-order chi connectivity index (χ0) is 14.1. The molecule has 0 saturated carbocycles. The van der Waals surface area contributed by atoms with E-state index in [0.29, 0.717) is 27.2 Å². The van der Waals surface area contributed by atoms with Crippen molar-refractivity contribution >= 4 is 34.5 Å². The van der Waals surface area contributed by atoms with E-state index < -0.39 is 0 Å². The van der Waals surface area contributed by atoms with Crippen molar-refractivity contribution in [2.45, 2.75) is 6.42 Å². The van der Waals surface area contributed by atoms with Crippen LogP contribution in [0.5, 0.6) is 5.75 Å². The van der Waals surface area contributed by atoms with E-state index in [1.807, 2.05) is 0 Å². The van der Waals surface area contributed by atoms with Crippen molar-refractivity contribution in [3.63, 3.8) is 0 Å². The second kappa shape index (κ2) is 5.44. The fraction of sp³-hybridized carbons (Fsp3) is 0.0769. The van der Waals surface area contributed by atoms with E-state index in [1.54, 1.807) is 29.6 Å². The average Bonchev–Trinajstić information content (AvgIpc) is 3.02. The number of thiophene rings is 1. The van der Waals surface area contributed by atoms with E-state index in [-0.39, 0.29) is 11.6 Å². The summed E-state index contributed by atoms with van der Waals surface area (Å²) in [5.74, 6) is 0.874. The molecule has 0 fully saturated rings. The lowest BCUT2D eigenvalue weighted by Crippen LogP contribution is -1.93. The van der Waals surface area contributed by atoms with Gasteiger partial charge in [0.15, 0.2) is 5.82 Å². The Balaban J connectivity index is 1.90. The molecule has 7 heteroatoms. The highest BCUT2D eigenvalue weighted by molar-refractivity contribution is 7.13. The summed E-state index contributed by atoms with van der Waals surface area (Å²) in [4.78, 5) is 4.80. The Bertz CT molecular complexity index is 734. The van der Waals surface area contributed by atoms with E-state index in [1.165, 1.54) is 11.3 Å². The molecular formula is C13H8Cl2N2O2S. The van der Waals surface area contributed by atoms with Gasteiger partial charge in [0.05, 0.1) is 0 Å². The maximum atomic E-state index is 9.63. The van der Waals surface area contributed by atoms with Crippen molar-refractivity contribution in [1.29, 1.82) is 0 Å². The first kappa shape index (κ1) is 13.4. The molecule has 2 aromatic heterocycles. The second-order valence-corrected chi connectivity index (χ2v) is 5.76. The standard InChI is InChI=1S/C13H8Cl2N2O2S/c14-8-2-1-3-9(15)7(8)6-11-16-13(19-17-11)12-10(18)4-5-20-12/h1-5,18H,6H2. The zero-order valence-corrected chi connectivity index (χ0v) is 12.3. The largest absolute Gasteiger partial charge is 0.506 e. The van der Waals surface area contributed by atoms with Crippen LogP contribution in [0.1, 0.15) is 11.4 Å². The average molecular weight is 327 g/mol. The predicted molar refractivity (Wildman–Crippen MR) is 78.5 cm³/mol. The van der Waals surface area contributed by atoms with Crippen molar-refractivity contribution < 1.29 is 9.63 Å². The Hall–Kier alpha value is -1.56. The van der Waals surface area contributed by atoms with Crippen molar-refractivity contribution in [2.75, 3.05) is 0 Å².